The molecule has 6 nitrogen and oxygen atoms in total. The normalized spacial score (nSPS) is 19.3. The van der Waals surface area contributed by atoms with Crippen LogP contribution in [0.4, 0.5) is 11.4 Å². The van der Waals surface area contributed by atoms with Crippen molar-refractivity contribution in [2.45, 2.75) is 45.3 Å². The molecular weight excluding hydrogens is 330 g/mol. The van der Waals surface area contributed by atoms with Gasteiger partial charge in [-0.3, -0.25) is 9.59 Å². The minimum atomic E-state index is 0.0395. The van der Waals surface area contributed by atoms with Crippen LogP contribution in [0.5, 0.6) is 0 Å². The Morgan fingerprint density at radius 2 is 2.00 bits per heavy atom. The molecule has 1 atom stereocenters. The maximum atomic E-state index is 12.2. The maximum absolute atomic E-state index is 12.2. The first-order valence-corrected chi connectivity index (χ1v) is 9.42. The van der Waals surface area contributed by atoms with Crippen molar-refractivity contribution >= 4 is 23.2 Å². The zero-order valence-corrected chi connectivity index (χ0v) is 16.0. The van der Waals surface area contributed by atoms with E-state index in [4.69, 9.17) is 4.74 Å². The van der Waals surface area contributed by atoms with Gasteiger partial charge in [0.15, 0.2) is 0 Å². The van der Waals surface area contributed by atoms with Crippen LogP contribution in [0, 0.1) is 5.92 Å². The summed E-state index contributed by atoms with van der Waals surface area (Å²) >= 11 is 0. The molecule has 1 heterocycles. The zero-order valence-electron chi connectivity index (χ0n) is 16.0. The fraction of sp³-hybridized carbons (Fsp3) is 0.600. The highest BCUT2D eigenvalue weighted by atomic mass is 16.5. The average Bonchev–Trinajstić information content (AvgIpc) is 3.32. The predicted molar refractivity (Wildman–Crippen MR) is 102 cm³/mol. The first-order chi connectivity index (χ1) is 12.4. The van der Waals surface area contributed by atoms with Crippen LogP contribution in [0.1, 0.15) is 38.2 Å². The summed E-state index contributed by atoms with van der Waals surface area (Å²) in [5, 5.41) is 3.00. The molecule has 3 rings (SSSR count). The molecule has 1 aromatic rings. The lowest BCUT2D eigenvalue weighted by Crippen LogP contribution is -2.35. The van der Waals surface area contributed by atoms with Crippen molar-refractivity contribution in [3.05, 3.63) is 23.8 Å². The second kappa shape index (κ2) is 8.08. The number of anilines is 2. The Balaban J connectivity index is 1.77. The molecule has 2 amide bonds. The third-order valence-electron chi connectivity index (χ3n) is 5.03. The number of amides is 2. The van der Waals surface area contributed by atoms with Crippen molar-refractivity contribution in [1.82, 2.24) is 4.90 Å². The monoisotopic (exact) mass is 359 g/mol. The van der Waals surface area contributed by atoms with E-state index in [1.807, 2.05) is 42.1 Å². The van der Waals surface area contributed by atoms with Crippen molar-refractivity contribution in [3.8, 4) is 0 Å². The summed E-state index contributed by atoms with van der Waals surface area (Å²) in [6.45, 7) is 3.50. The van der Waals surface area contributed by atoms with E-state index < -0.39 is 0 Å². The Bertz CT molecular complexity index is 664. The highest BCUT2D eigenvalue weighted by Gasteiger charge is 2.29. The molecule has 0 spiro atoms. The Hall–Kier alpha value is -2.08. The average molecular weight is 359 g/mol. The van der Waals surface area contributed by atoms with Crippen molar-refractivity contribution < 1.29 is 14.3 Å². The van der Waals surface area contributed by atoms with Crippen LogP contribution in [0.2, 0.25) is 0 Å². The highest BCUT2D eigenvalue weighted by molar-refractivity contribution is 5.94. The van der Waals surface area contributed by atoms with Crippen LogP contribution in [0.3, 0.4) is 0 Å². The quantitative estimate of drug-likeness (QED) is 0.813. The number of hydrogen-bond acceptors (Lipinski definition) is 4. The SMILES string of the molecule is CC(=O)N(Cc1cc(NC(=O)C2CC2)ccc1N(C)C)C[C@@H]1CCCO1. The molecule has 142 valence electrons. The number of nitrogens with zero attached hydrogens (tertiary/aromatic N) is 2. The maximum Gasteiger partial charge on any atom is 0.227 e. The van der Waals surface area contributed by atoms with E-state index in [0.29, 0.717) is 13.1 Å². The molecule has 0 unspecified atom stereocenters. The summed E-state index contributed by atoms with van der Waals surface area (Å²) in [6, 6.07) is 5.92. The van der Waals surface area contributed by atoms with Gasteiger partial charge in [-0.1, -0.05) is 0 Å². The lowest BCUT2D eigenvalue weighted by Gasteiger charge is -2.27. The predicted octanol–water partition coefficient (Wildman–Crippen LogP) is 2.63. The summed E-state index contributed by atoms with van der Waals surface area (Å²) in [7, 11) is 3.97. The number of hydrogen-bond donors (Lipinski definition) is 1. The molecule has 0 bridgehead atoms. The second-order valence-electron chi connectivity index (χ2n) is 7.54. The van der Waals surface area contributed by atoms with Crippen LogP contribution < -0.4 is 10.2 Å². The van der Waals surface area contributed by atoms with Crippen molar-refractivity contribution in [3.63, 3.8) is 0 Å². The van der Waals surface area contributed by atoms with Crippen LogP contribution in [-0.2, 0) is 20.9 Å². The fourth-order valence-corrected chi connectivity index (χ4v) is 3.36. The Morgan fingerprint density at radius 1 is 1.23 bits per heavy atom. The molecule has 2 fully saturated rings. The van der Waals surface area contributed by atoms with Crippen LogP contribution in [-0.4, -0.2) is 50.1 Å². The van der Waals surface area contributed by atoms with E-state index in [1.165, 1.54) is 0 Å². The van der Waals surface area contributed by atoms with Gasteiger partial charge < -0.3 is 19.9 Å². The highest BCUT2D eigenvalue weighted by Crippen LogP contribution is 2.31. The fourth-order valence-electron chi connectivity index (χ4n) is 3.36. The molecule has 1 saturated heterocycles. The second-order valence-corrected chi connectivity index (χ2v) is 7.54. The molecule has 6 heteroatoms. The minimum absolute atomic E-state index is 0.0395. The standard InChI is InChI=1S/C20H29N3O3/c1-14(24)23(13-18-5-4-10-26-18)12-16-11-17(8-9-19(16)22(2)3)21-20(25)15-6-7-15/h8-9,11,15,18H,4-7,10,12-13H2,1-3H3,(H,21,25)/t18-/m0/s1. The van der Waals surface area contributed by atoms with Crippen molar-refractivity contribution in [2.24, 2.45) is 5.92 Å². The van der Waals surface area contributed by atoms with E-state index in [2.05, 4.69) is 5.32 Å². The van der Waals surface area contributed by atoms with Gasteiger partial charge in [-0.2, -0.15) is 0 Å². The Kier molecular flexibility index (Phi) is 5.81. The third-order valence-corrected chi connectivity index (χ3v) is 5.03. The van der Waals surface area contributed by atoms with Gasteiger partial charge in [0.1, 0.15) is 0 Å². The van der Waals surface area contributed by atoms with Gasteiger partial charge >= 0.3 is 0 Å². The molecule has 1 aliphatic heterocycles. The first-order valence-electron chi connectivity index (χ1n) is 9.42. The van der Waals surface area contributed by atoms with Crippen LogP contribution in [0.15, 0.2) is 18.2 Å². The molecule has 1 aromatic carbocycles. The third kappa shape index (κ3) is 4.75. The molecule has 1 aliphatic carbocycles. The summed E-state index contributed by atoms with van der Waals surface area (Å²) < 4.78 is 5.70. The summed E-state index contributed by atoms with van der Waals surface area (Å²) in [5.41, 5.74) is 2.87. The smallest absolute Gasteiger partial charge is 0.227 e. The van der Waals surface area contributed by atoms with Gasteiger partial charge in [0.25, 0.3) is 0 Å². The van der Waals surface area contributed by atoms with Gasteiger partial charge in [0.05, 0.1) is 6.10 Å². The number of rotatable bonds is 7. The van der Waals surface area contributed by atoms with E-state index in [-0.39, 0.29) is 23.8 Å². The largest absolute Gasteiger partial charge is 0.377 e. The topological polar surface area (TPSA) is 61.9 Å². The van der Waals surface area contributed by atoms with Crippen molar-refractivity contribution in [2.75, 3.05) is 37.5 Å². The van der Waals surface area contributed by atoms with Gasteiger partial charge in [0.2, 0.25) is 11.8 Å². The van der Waals surface area contributed by atoms with Gasteiger partial charge in [-0.15, -0.1) is 0 Å². The number of ether oxygens (including phenoxy) is 1. The lowest BCUT2D eigenvalue weighted by molar-refractivity contribution is -0.131. The van der Waals surface area contributed by atoms with E-state index in [1.54, 1.807) is 6.92 Å². The molecule has 0 radical (unpaired) electrons. The van der Waals surface area contributed by atoms with Crippen LogP contribution in [0.25, 0.3) is 0 Å². The first kappa shape index (κ1) is 18.7. The summed E-state index contributed by atoms with van der Waals surface area (Å²) in [6.07, 6.45) is 4.14. The van der Waals surface area contributed by atoms with E-state index in [9.17, 15) is 9.59 Å². The molecular formula is C20H29N3O3. The van der Waals surface area contributed by atoms with E-state index in [0.717, 1.165) is 49.2 Å². The van der Waals surface area contributed by atoms with Gasteiger partial charge in [-0.25, -0.2) is 0 Å². The number of carbonyl (C=O) groups is 2. The summed E-state index contributed by atoms with van der Waals surface area (Å²) in [4.78, 5) is 28.1. The summed E-state index contributed by atoms with van der Waals surface area (Å²) in [5.74, 6) is 0.300. The minimum Gasteiger partial charge on any atom is -0.377 e. The van der Waals surface area contributed by atoms with Gasteiger partial charge in [0, 0.05) is 58.0 Å². The molecule has 1 saturated carbocycles. The van der Waals surface area contributed by atoms with Gasteiger partial charge in [-0.05, 0) is 49.4 Å². The molecule has 2 aliphatic rings. The zero-order chi connectivity index (χ0) is 18.7. The number of carbonyl (C=O) groups excluding carboxylic acids is 2. The molecule has 26 heavy (non-hydrogen) atoms. The number of benzene rings is 1. The van der Waals surface area contributed by atoms with Crippen LogP contribution >= 0.6 is 0 Å². The molecule has 0 aromatic heterocycles. The van der Waals surface area contributed by atoms with Crippen molar-refractivity contribution in [1.29, 1.82) is 0 Å². The Morgan fingerprint density at radius 3 is 2.58 bits per heavy atom. The van der Waals surface area contributed by atoms with E-state index >= 15 is 0 Å². The Labute approximate surface area is 155 Å². The number of nitrogens with one attached hydrogen (secondary N) is 1. The lowest BCUT2D eigenvalue weighted by atomic mass is 10.1. The molecule has 1 N–H and O–H groups in total.